The molecule has 5 aromatic rings. The van der Waals surface area contributed by atoms with E-state index >= 15 is 0 Å². The van der Waals surface area contributed by atoms with E-state index in [2.05, 4.69) is 44.6 Å². The first kappa shape index (κ1) is 25.1. The van der Waals surface area contributed by atoms with Crippen molar-refractivity contribution in [3.05, 3.63) is 83.4 Å². The van der Waals surface area contributed by atoms with Gasteiger partial charge in [0.1, 0.15) is 11.6 Å². The zero-order valence-corrected chi connectivity index (χ0v) is 21.5. The summed E-state index contributed by atoms with van der Waals surface area (Å²) in [7, 11) is 0. The highest BCUT2D eigenvalue weighted by Crippen LogP contribution is 2.18. The van der Waals surface area contributed by atoms with Crippen LogP contribution in [0.1, 0.15) is 71.6 Å². The topological polar surface area (TPSA) is 119 Å². The van der Waals surface area contributed by atoms with Crippen LogP contribution in [0.4, 0.5) is 11.6 Å². The molecular weight excluding hydrogens is 480 g/mol. The predicted octanol–water partition coefficient (Wildman–Crippen LogP) is 4.96. The number of carbonyl (C=O) groups is 2. The fraction of sp³-hybridized carbons (Fsp3) is 0.286. The van der Waals surface area contributed by atoms with Gasteiger partial charge in [-0.2, -0.15) is 19.2 Å². The van der Waals surface area contributed by atoms with Crippen molar-refractivity contribution in [3.63, 3.8) is 0 Å². The molecule has 0 spiro atoms. The van der Waals surface area contributed by atoms with Crippen molar-refractivity contribution in [3.8, 4) is 0 Å². The molecule has 10 heteroatoms. The Balaban J connectivity index is 1.31. The highest BCUT2D eigenvalue weighted by Gasteiger charge is 2.15. The molecule has 4 heterocycles. The first-order chi connectivity index (χ1) is 18.6. The molecule has 0 fully saturated rings. The molecule has 0 saturated heterocycles. The molecule has 2 N–H and O–H groups in total. The van der Waals surface area contributed by atoms with Crippen LogP contribution in [0.15, 0.2) is 60.9 Å². The van der Waals surface area contributed by atoms with Crippen LogP contribution in [0.2, 0.25) is 0 Å². The maximum atomic E-state index is 13.0. The summed E-state index contributed by atoms with van der Waals surface area (Å²) in [5.41, 5.74) is 4.02. The molecule has 0 unspecified atom stereocenters. The van der Waals surface area contributed by atoms with Crippen molar-refractivity contribution in [2.45, 2.75) is 52.4 Å². The summed E-state index contributed by atoms with van der Waals surface area (Å²) in [4.78, 5) is 35.3. The van der Waals surface area contributed by atoms with E-state index in [-0.39, 0.29) is 11.8 Å². The number of rotatable bonds is 10. The van der Waals surface area contributed by atoms with Gasteiger partial charge in [0.25, 0.3) is 11.8 Å². The summed E-state index contributed by atoms with van der Waals surface area (Å²) in [5, 5.41) is 14.4. The van der Waals surface area contributed by atoms with Crippen molar-refractivity contribution in [1.29, 1.82) is 0 Å². The van der Waals surface area contributed by atoms with Crippen LogP contribution in [0.3, 0.4) is 0 Å². The number of unbranched alkanes of at least 4 members (excludes halogenated alkanes) is 2. The molecule has 0 aliphatic rings. The highest BCUT2D eigenvalue weighted by atomic mass is 16.2. The van der Waals surface area contributed by atoms with Crippen LogP contribution in [-0.4, -0.2) is 41.0 Å². The largest absolute Gasteiger partial charge is 0.306 e. The Bertz CT molecular complexity index is 1470. The van der Waals surface area contributed by atoms with E-state index in [1.807, 2.05) is 24.3 Å². The van der Waals surface area contributed by atoms with Crippen LogP contribution in [0.25, 0.3) is 11.3 Å². The number of nitrogens with zero attached hydrogens (tertiary/aromatic N) is 6. The fourth-order valence-electron chi connectivity index (χ4n) is 4.23. The van der Waals surface area contributed by atoms with Crippen LogP contribution < -0.4 is 10.6 Å². The summed E-state index contributed by atoms with van der Waals surface area (Å²) in [6, 6.07) is 13.9. The second kappa shape index (κ2) is 11.2. The van der Waals surface area contributed by atoms with Gasteiger partial charge in [-0.1, -0.05) is 26.7 Å². The number of benzene rings is 1. The molecular formula is C28H30N8O2. The van der Waals surface area contributed by atoms with E-state index < -0.39 is 0 Å². The van der Waals surface area contributed by atoms with Gasteiger partial charge in [-0.05, 0) is 49.9 Å². The van der Waals surface area contributed by atoms with Crippen molar-refractivity contribution < 1.29 is 9.59 Å². The smallest absolute Gasteiger partial charge is 0.256 e. The minimum Gasteiger partial charge on any atom is -0.306 e. The molecule has 1 aromatic carbocycles. The molecule has 38 heavy (non-hydrogen) atoms. The predicted molar refractivity (Wildman–Crippen MR) is 146 cm³/mol. The minimum absolute atomic E-state index is 0.297. The number of amides is 2. The van der Waals surface area contributed by atoms with Crippen LogP contribution >= 0.6 is 0 Å². The molecule has 10 nitrogen and oxygen atoms in total. The van der Waals surface area contributed by atoms with Crippen LogP contribution in [0.5, 0.6) is 0 Å². The third-order valence-electron chi connectivity index (χ3n) is 6.29. The summed E-state index contributed by atoms with van der Waals surface area (Å²) < 4.78 is 3.21. The summed E-state index contributed by atoms with van der Waals surface area (Å²) in [6.07, 6.45) is 9.10. The Morgan fingerprint density at radius 3 is 1.50 bits per heavy atom. The van der Waals surface area contributed by atoms with Gasteiger partial charge < -0.3 is 10.6 Å². The zero-order chi connectivity index (χ0) is 26.5. The van der Waals surface area contributed by atoms with E-state index in [0.29, 0.717) is 34.1 Å². The fourth-order valence-corrected chi connectivity index (χ4v) is 4.23. The molecule has 0 aliphatic carbocycles. The summed E-state index contributed by atoms with van der Waals surface area (Å²) >= 11 is 0. The lowest BCUT2D eigenvalue weighted by atomic mass is 10.1. The van der Waals surface area contributed by atoms with Gasteiger partial charge in [-0.25, -0.2) is 9.97 Å². The van der Waals surface area contributed by atoms with Crippen LogP contribution in [0, 0.1) is 0 Å². The number of aromatic nitrogens is 6. The molecule has 0 bridgehead atoms. The van der Waals surface area contributed by atoms with Gasteiger partial charge in [0.15, 0.2) is 11.3 Å². The molecule has 4 aromatic heterocycles. The zero-order valence-electron chi connectivity index (χ0n) is 21.5. The van der Waals surface area contributed by atoms with E-state index in [0.717, 1.165) is 49.9 Å². The maximum Gasteiger partial charge on any atom is 0.256 e. The maximum absolute atomic E-state index is 13.0. The third-order valence-corrected chi connectivity index (χ3v) is 6.29. The van der Waals surface area contributed by atoms with E-state index in [4.69, 9.17) is 0 Å². The third kappa shape index (κ3) is 5.39. The van der Waals surface area contributed by atoms with Crippen molar-refractivity contribution in [2.24, 2.45) is 0 Å². The second-order valence-corrected chi connectivity index (χ2v) is 9.16. The molecule has 0 radical (unpaired) electrons. The molecule has 0 saturated carbocycles. The summed E-state index contributed by atoms with van der Waals surface area (Å²) in [6.45, 7) is 4.26. The lowest BCUT2D eigenvalue weighted by molar-refractivity contribution is 0.101. The van der Waals surface area contributed by atoms with Gasteiger partial charge >= 0.3 is 0 Å². The molecule has 0 aliphatic heterocycles. The quantitative estimate of drug-likeness (QED) is 0.274. The van der Waals surface area contributed by atoms with Gasteiger partial charge in [0.05, 0.1) is 12.4 Å². The lowest BCUT2D eigenvalue weighted by Crippen LogP contribution is -2.17. The van der Waals surface area contributed by atoms with Crippen LogP contribution in [-0.2, 0) is 12.8 Å². The number of carbonyl (C=O) groups excluding carboxylic acids is 2. The molecule has 0 atom stereocenters. The Labute approximate surface area is 220 Å². The van der Waals surface area contributed by atoms with Crippen molar-refractivity contribution in [1.82, 2.24) is 29.2 Å². The number of hydrogen-bond donors (Lipinski definition) is 2. The first-order valence-electron chi connectivity index (χ1n) is 13.0. The van der Waals surface area contributed by atoms with Crippen molar-refractivity contribution in [2.75, 3.05) is 10.6 Å². The number of aryl methyl sites for hydroxylation is 2. The first-order valence-corrected chi connectivity index (χ1v) is 13.0. The molecule has 194 valence electrons. The highest BCUT2D eigenvalue weighted by molar-refractivity contribution is 6.07. The number of nitrogens with one attached hydrogen (secondary N) is 2. The van der Waals surface area contributed by atoms with Gasteiger partial charge in [0, 0.05) is 46.8 Å². The van der Waals surface area contributed by atoms with E-state index in [1.54, 1.807) is 45.7 Å². The Morgan fingerprint density at radius 2 is 1.11 bits per heavy atom. The lowest BCUT2D eigenvalue weighted by Gasteiger charge is -2.11. The normalized spacial score (nSPS) is 11.2. The van der Waals surface area contributed by atoms with Gasteiger partial charge in [0.2, 0.25) is 0 Å². The van der Waals surface area contributed by atoms with Crippen molar-refractivity contribution >= 4 is 34.7 Å². The average molecular weight is 511 g/mol. The second-order valence-electron chi connectivity index (χ2n) is 9.16. The van der Waals surface area contributed by atoms with E-state index in [1.165, 1.54) is 0 Å². The number of anilines is 2. The number of hydrogen-bond acceptors (Lipinski definition) is 6. The summed E-state index contributed by atoms with van der Waals surface area (Å²) in [5.74, 6) is 0.513. The van der Waals surface area contributed by atoms with Gasteiger partial charge in [-0.15, -0.1) is 0 Å². The van der Waals surface area contributed by atoms with Gasteiger partial charge in [-0.3, -0.25) is 9.59 Å². The standard InChI is InChI=1S/C28H30N8O2/c1-3-5-7-21-17-25(35-23(31-21)13-15-29-35)33-27(37)19-9-11-20(12-10-19)28(38)34-26-18-22(8-6-4-2)32-24-14-16-30-36(24)26/h9-18H,3-8H2,1-2H3,(H,33,37)(H,34,38). The minimum atomic E-state index is -0.297. The average Bonchev–Trinajstić information content (AvgIpc) is 3.60. The Hall–Kier alpha value is -4.60. The Morgan fingerprint density at radius 1 is 0.684 bits per heavy atom. The molecule has 5 rings (SSSR count). The Kier molecular flexibility index (Phi) is 7.39. The molecule has 2 amide bonds. The monoisotopic (exact) mass is 510 g/mol. The SMILES string of the molecule is CCCCc1cc(NC(=O)c2ccc(C(=O)Nc3cc(CCCC)nc4ccnn34)cc2)n2nccc2n1. The van der Waals surface area contributed by atoms with E-state index in [9.17, 15) is 9.59 Å². The number of fused-ring (bicyclic) bond motifs is 2.